The zero-order chi connectivity index (χ0) is 23.3. The molecule has 3 aromatic rings. The van der Waals surface area contributed by atoms with Crippen LogP contribution in [0.25, 0.3) is 0 Å². The Balaban J connectivity index is 1.57. The van der Waals surface area contributed by atoms with Gasteiger partial charge in [-0.25, -0.2) is 0 Å². The maximum absolute atomic E-state index is 12.4. The van der Waals surface area contributed by atoms with Gasteiger partial charge in [0, 0.05) is 35.5 Å². The van der Waals surface area contributed by atoms with Gasteiger partial charge >= 0.3 is 0 Å². The van der Waals surface area contributed by atoms with Gasteiger partial charge < -0.3 is 10.6 Å². The average Bonchev–Trinajstić information content (AvgIpc) is 2.77. The second-order valence-corrected chi connectivity index (χ2v) is 8.47. The molecule has 0 unspecified atom stereocenters. The van der Waals surface area contributed by atoms with Crippen LogP contribution < -0.4 is 10.6 Å². The third kappa shape index (κ3) is 5.78. The lowest BCUT2D eigenvalue weighted by Gasteiger charge is -2.19. The summed E-state index contributed by atoms with van der Waals surface area (Å²) < 4.78 is 0. The van der Waals surface area contributed by atoms with Gasteiger partial charge in [0.2, 0.25) is 0 Å². The smallest absolute Gasteiger partial charge is 0.271 e. The van der Waals surface area contributed by atoms with Crippen molar-refractivity contribution in [2.24, 2.45) is 0 Å². The number of nitrogens with zero attached hydrogens (tertiary/aromatic N) is 1. The lowest BCUT2D eigenvalue weighted by atomic mass is 9.87. The van der Waals surface area contributed by atoms with Crippen LogP contribution in [0.3, 0.4) is 0 Å². The van der Waals surface area contributed by atoms with E-state index in [1.54, 1.807) is 30.3 Å². The first-order valence-corrected chi connectivity index (χ1v) is 10.2. The SMILES string of the molecule is CC(C)(C)c1ccc(C(=O)NCc2ccc(C(=O)Nc3cccc([N+](=O)[O-])c3)cc2)cc1. The van der Waals surface area contributed by atoms with Gasteiger partial charge in [-0.1, -0.05) is 51.1 Å². The number of non-ortho nitro benzene ring substituents is 1. The van der Waals surface area contributed by atoms with E-state index in [-0.39, 0.29) is 22.9 Å². The Hall–Kier alpha value is -4.00. The summed E-state index contributed by atoms with van der Waals surface area (Å²) in [6.45, 7) is 6.69. The lowest BCUT2D eigenvalue weighted by Crippen LogP contribution is -2.23. The summed E-state index contributed by atoms with van der Waals surface area (Å²) in [5.74, 6) is -0.544. The van der Waals surface area contributed by atoms with Gasteiger partial charge in [0.15, 0.2) is 0 Å². The van der Waals surface area contributed by atoms with E-state index >= 15 is 0 Å². The van der Waals surface area contributed by atoms with Crippen LogP contribution in [0, 0.1) is 10.1 Å². The lowest BCUT2D eigenvalue weighted by molar-refractivity contribution is -0.384. The fraction of sp³-hybridized carbons (Fsp3) is 0.200. The first kappa shape index (κ1) is 22.7. The zero-order valence-electron chi connectivity index (χ0n) is 18.2. The first-order chi connectivity index (χ1) is 15.1. The Kier molecular flexibility index (Phi) is 6.68. The standard InChI is InChI=1S/C25H25N3O4/c1-25(2,3)20-13-11-18(12-14-20)23(29)26-16-17-7-9-19(10-8-17)24(30)27-21-5-4-6-22(15-21)28(31)32/h4-15H,16H2,1-3H3,(H,26,29)(H,27,30). The van der Waals surface area contributed by atoms with E-state index in [0.29, 0.717) is 23.4 Å². The fourth-order valence-electron chi connectivity index (χ4n) is 3.08. The van der Waals surface area contributed by atoms with E-state index < -0.39 is 4.92 Å². The predicted octanol–water partition coefficient (Wildman–Crippen LogP) is 5.07. The van der Waals surface area contributed by atoms with Gasteiger partial charge in [-0.05, 0) is 46.9 Å². The minimum atomic E-state index is -0.516. The second kappa shape index (κ2) is 9.43. The molecule has 0 saturated heterocycles. The predicted molar refractivity (Wildman–Crippen MR) is 124 cm³/mol. The molecule has 3 rings (SSSR count). The minimum Gasteiger partial charge on any atom is -0.348 e. The zero-order valence-corrected chi connectivity index (χ0v) is 18.2. The number of hydrogen-bond donors (Lipinski definition) is 2. The van der Waals surface area contributed by atoms with Crippen LogP contribution in [0.15, 0.2) is 72.8 Å². The third-order valence-electron chi connectivity index (χ3n) is 5.00. The van der Waals surface area contributed by atoms with E-state index in [4.69, 9.17) is 0 Å². The van der Waals surface area contributed by atoms with Crippen molar-refractivity contribution in [3.8, 4) is 0 Å². The van der Waals surface area contributed by atoms with Crippen LogP contribution in [-0.4, -0.2) is 16.7 Å². The highest BCUT2D eigenvalue weighted by molar-refractivity contribution is 6.04. The van der Waals surface area contributed by atoms with E-state index in [0.717, 1.165) is 11.1 Å². The molecule has 0 aliphatic heterocycles. The average molecular weight is 431 g/mol. The minimum absolute atomic E-state index is 0.0261. The molecule has 0 atom stereocenters. The Morgan fingerprint density at radius 1 is 0.875 bits per heavy atom. The topological polar surface area (TPSA) is 101 Å². The summed E-state index contributed by atoms with van der Waals surface area (Å²) in [6.07, 6.45) is 0. The quantitative estimate of drug-likeness (QED) is 0.420. The molecule has 32 heavy (non-hydrogen) atoms. The maximum atomic E-state index is 12.4. The molecule has 0 radical (unpaired) electrons. The number of carbonyl (C=O) groups is 2. The molecule has 0 aliphatic rings. The normalized spacial score (nSPS) is 11.0. The number of anilines is 1. The number of nitro benzene ring substituents is 1. The first-order valence-electron chi connectivity index (χ1n) is 10.2. The molecule has 0 bridgehead atoms. The number of carbonyl (C=O) groups excluding carboxylic acids is 2. The number of nitrogens with one attached hydrogen (secondary N) is 2. The largest absolute Gasteiger partial charge is 0.348 e. The summed E-state index contributed by atoms with van der Waals surface area (Å²) in [4.78, 5) is 35.2. The van der Waals surface area contributed by atoms with Crippen molar-refractivity contribution < 1.29 is 14.5 Å². The molecule has 0 aliphatic carbocycles. The molecule has 164 valence electrons. The van der Waals surface area contributed by atoms with Crippen molar-refractivity contribution in [2.45, 2.75) is 32.7 Å². The fourth-order valence-corrected chi connectivity index (χ4v) is 3.08. The highest BCUT2D eigenvalue weighted by Gasteiger charge is 2.14. The molecule has 3 aromatic carbocycles. The molecule has 0 spiro atoms. The van der Waals surface area contributed by atoms with Crippen molar-refractivity contribution in [3.63, 3.8) is 0 Å². The highest BCUT2D eigenvalue weighted by atomic mass is 16.6. The molecule has 2 amide bonds. The monoisotopic (exact) mass is 431 g/mol. The van der Waals surface area contributed by atoms with Crippen LogP contribution in [0.2, 0.25) is 0 Å². The molecule has 0 saturated carbocycles. The van der Waals surface area contributed by atoms with E-state index in [1.165, 1.54) is 18.2 Å². The molecule has 7 nitrogen and oxygen atoms in total. The maximum Gasteiger partial charge on any atom is 0.271 e. The van der Waals surface area contributed by atoms with Crippen molar-refractivity contribution in [2.75, 3.05) is 5.32 Å². The Morgan fingerprint density at radius 3 is 2.06 bits per heavy atom. The van der Waals surface area contributed by atoms with E-state index in [1.807, 2.05) is 24.3 Å². The number of rotatable bonds is 6. The molecule has 0 aromatic heterocycles. The Morgan fingerprint density at radius 2 is 1.47 bits per heavy atom. The van der Waals surface area contributed by atoms with Crippen LogP contribution in [0.1, 0.15) is 52.6 Å². The third-order valence-corrected chi connectivity index (χ3v) is 5.00. The van der Waals surface area contributed by atoms with Crippen molar-refractivity contribution in [1.29, 1.82) is 0 Å². The molecule has 0 fully saturated rings. The summed E-state index contributed by atoms with van der Waals surface area (Å²) in [5, 5.41) is 16.4. The van der Waals surface area contributed by atoms with Gasteiger partial charge in [-0.3, -0.25) is 19.7 Å². The number of amides is 2. The van der Waals surface area contributed by atoms with Gasteiger partial charge in [-0.2, -0.15) is 0 Å². The Labute approximate surface area is 186 Å². The Bertz CT molecular complexity index is 1130. The van der Waals surface area contributed by atoms with Gasteiger partial charge in [0.05, 0.1) is 4.92 Å². The summed E-state index contributed by atoms with van der Waals surface area (Å²) >= 11 is 0. The second-order valence-electron chi connectivity index (χ2n) is 8.47. The van der Waals surface area contributed by atoms with Crippen LogP contribution in [-0.2, 0) is 12.0 Å². The highest BCUT2D eigenvalue weighted by Crippen LogP contribution is 2.22. The number of benzene rings is 3. The molecule has 2 N–H and O–H groups in total. The van der Waals surface area contributed by atoms with Crippen molar-refractivity contribution in [1.82, 2.24) is 5.32 Å². The van der Waals surface area contributed by atoms with Crippen LogP contribution >= 0.6 is 0 Å². The van der Waals surface area contributed by atoms with Crippen molar-refractivity contribution >= 4 is 23.2 Å². The molecular formula is C25H25N3O4. The molecular weight excluding hydrogens is 406 g/mol. The summed E-state index contributed by atoms with van der Waals surface area (Å²) in [6, 6.07) is 20.1. The van der Waals surface area contributed by atoms with E-state index in [9.17, 15) is 19.7 Å². The molecule has 7 heteroatoms. The van der Waals surface area contributed by atoms with E-state index in [2.05, 4.69) is 31.4 Å². The van der Waals surface area contributed by atoms with Crippen molar-refractivity contribution in [3.05, 3.63) is 105 Å². The van der Waals surface area contributed by atoms with Gasteiger partial charge in [-0.15, -0.1) is 0 Å². The van der Waals surface area contributed by atoms with Crippen LogP contribution in [0.5, 0.6) is 0 Å². The summed E-state index contributed by atoms with van der Waals surface area (Å²) in [7, 11) is 0. The van der Waals surface area contributed by atoms with Crippen LogP contribution in [0.4, 0.5) is 11.4 Å². The number of hydrogen-bond acceptors (Lipinski definition) is 4. The number of nitro groups is 1. The van der Waals surface area contributed by atoms with Gasteiger partial charge in [0.25, 0.3) is 17.5 Å². The summed E-state index contributed by atoms with van der Waals surface area (Å²) in [5.41, 5.74) is 3.28. The molecule has 0 heterocycles. The van der Waals surface area contributed by atoms with Gasteiger partial charge in [0.1, 0.15) is 0 Å².